The normalized spacial score (nSPS) is 15.7. The highest BCUT2D eigenvalue weighted by molar-refractivity contribution is 6.31. The highest BCUT2D eigenvalue weighted by Gasteiger charge is 2.28. The minimum absolute atomic E-state index is 0.0127. The summed E-state index contributed by atoms with van der Waals surface area (Å²) >= 11 is 5.97. The topological polar surface area (TPSA) is 146 Å². The van der Waals surface area contributed by atoms with E-state index in [0.717, 1.165) is 104 Å². The Morgan fingerprint density at radius 1 is 0.943 bits per heavy atom. The molecule has 2 aromatic carbocycles. The van der Waals surface area contributed by atoms with Crippen LogP contribution in [0.15, 0.2) is 49.3 Å². The molecule has 0 bridgehead atoms. The van der Waals surface area contributed by atoms with E-state index in [2.05, 4.69) is 37.0 Å². The third kappa shape index (κ3) is 12.1. The summed E-state index contributed by atoms with van der Waals surface area (Å²) in [7, 11) is 0. The number of anilines is 3. The maximum absolute atomic E-state index is 13.7. The SMILES string of the molecule is C=CC(=O)Nc1cc2c(Nc3ccc(F)c(Cl)c3)ncnc2cc1OCCCN1CCC(N2CCN(C(=O)CCCCCCCCC(N)=O)CC2)CC1. The summed E-state index contributed by atoms with van der Waals surface area (Å²) in [6, 6.07) is 8.38. The number of hydrogen-bond donors (Lipinski definition) is 3. The number of nitrogens with zero attached hydrogens (tertiary/aromatic N) is 5. The maximum atomic E-state index is 13.7. The van der Waals surface area contributed by atoms with Crippen molar-refractivity contribution in [2.75, 3.05) is 63.1 Å². The van der Waals surface area contributed by atoms with E-state index in [4.69, 9.17) is 22.1 Å². The van der Waals surface area contributed by atoms with Crippen molar-refractivity contribution in [1.29, 1.82) is 0 Å². The first-order chi connectivity index (χ1) is 25.7. The molecule has 53 heavy (non-hydrogen) atoms. The Labute approximate surface area is 316 Å². The first-order valence-electron chi connectivity index (χ1n) is 18.8. The van der Waals surface area contributed by atoms with E-state index in [0.29, 0.717) is 59.3 Å². The molecule has 2 fully saturated rings. The minimum Gasteiger partial charge on any atom is -0.491 e. The van der Waals surface area contributed by atoms with E-state index in [1.165, 1.54) is 24.5 Å². The van der Waals surface area contributed by atoms with Gasteiger partial charge in [-0.25, -0.2) is 14.4 Å². The van der Waals surface area contributed by atoms with Crippen LogP contribution in [0.5, 0.6) is 5.75 Å². The van der Waals surface area contributed by atoms with Gasteiger partial charge in [-0.1, -0.05) is 43.9 Å². The lowest BCUT2D eigenvalue weighted by Crippen LogP contribution is -2.54. The number of carbonyl (C=O) groups excluding carboxylic acids is 3. The summed E-state index contributed by atoms with van der Waals surface area (Å²) in [5.74, 6) is 0.108. The molecule has 0 spiro atoms. The predicted molar refractivity (Wildman–Crippen MR) is 207 cm³/mol. The maximum Gasteiger partial charge on any atom is 0.247 e. The summed E-state index contributed by atoms with van der Waals surface area (Å²) in [6.07, 6.45) is 12.8. The average molecular weight is 751 g/mol. The zero-order chi connectivity index (χ0) is 37.6. The Kier molecular flexibility index (Phi) is 15.2. The van der Waals surface area contributed by atoms with Crippen LogP contribution in [0.3, 0.4) is 0 Å². The van der Waals surface area contributed by atoms with Crippen molar-refractivity contribution in [3.05, 3.63) is 60.2 Å². The molecule has 12 nitrogen and oxygen atoms in total. The largest absolute Gasteiger partial charge is 0.491 e. The lowest BCUT2D eigenvalue weighted by Gasteiger charge is -2.42. The van der Waals surface area contributed by atoms with Crippen LogP contribution in [0.4, 0.5) is 21.6 Å². The Balaban J connectivity index is 1.03. The Bertz CT molecular complexity index is 1710. The van der Waals surface area contributed by atoms with Gasteiger partial charge in [0.05, 0.1) is 22.8 Å². The number of primary amides is 1. The third-order valence-corrected chi connectivity index (χ3v) is 10.3. The second-order valence-corrected chi connectivity index (χ2v) is 14.2. The second-order valence-electron chi connectivity index (χ2n) is 13.8. The molecule has 14 heteroatoms. The summed E-state index contributed by atoms with van der Waals surface area (Å²) in [6.45, 7) is 10.5. The van der Waals surface area contributed by atoms with Gasteiger partial charge in [-0.15, -0.1) is 0 Å². The van der Waals surface area contributed by atoms with Crippen molar-refractivity contribution in [2.24, 2.45) is 5.73 Å². The number of nitrogens with one attached hydrogen (secondary N) is 2. The first-order valence-corrected chi connectivity index (χ1v) is 19.2. The second kappa shape index (κ2) is 20.2. The van der Waals surface area contributed by atoms with E-state index >= 15 is 0 Å². The number of ether oxygens (including phenoxy) is 1. The molecule has 0 saturated carbocycles. The van der Waals surface area contributed by atoms with Crippen LogP contribution in [-0.4, -0.2) is 101 Å². The summed E-state index contributed by atoms with van der Waals surface area (Å²) in [5, 5.41) is 6.61. The number of halogens is 2. The van der Waals surface area contributed by atoms with E-state index in [1.54, 1.807) is 18.2 Å². The Morgan fingerprint density at radius 3 is 2.36 bits per heavy atom. The number of amides is 3. The number of hydrogen-bond acceptors (Lipinski definition) is 9. The number of aromatic nitrogens is 2. The fourth-order valence-corrected chi connectivity index (χ4v) is 7.23. The third-order valence-electron chi connectivity index (χ3n) is 10.0. The molecule has 2 aliphatic heterocycles. The monoisotopic (exact) mass is 750 g/mol. The molecular weight excluding hydrogens is 699 g/mol. The molecule has 0 unspecified atom stereocenters. The number of fused-ring (bicyclic) bond motifs is 1. The number of likely N-dealkylation sites (tertiary alicyclic amines) is 1. The van der Waals surface area contributed by atoms with Crippen LogP contribution in [0.2, 0.25) is 5.02 Å². The molecular formula is C39H52ClFN8O4. The Hall–Kier alpha value is -4.33. The highest BCUT2D eigenvalue weighted by Crippen LogP contribution is 2.34. The van der Waals surface area contributed by atoms with Gasteiger partial charge in [-0.3, -0.25) is 19.3 Å². The number of piperidine rings is 1. The van der Waals surface area contributed by atoms with E-state index in [-0.39, 0.29) is 22.7 Å². The van der Waals surface area contributed by atoms with Crippen LogP contribution in [-0.2, 0) is 14.4 Å². The van der Waals surface area contributed by atoms with Crippen LogP contribution in [0.25, 0.3) is 10.9 Å². The molecule has 0 radical (unpaired) electrons. The predicted octanol–water partition coefficient (Wildman–Crippen LogP) is 6.27. The molecule has 286 valence electrons. The van der Waals surface area contributed by atoms with Crippen molar-refractivity contribution < 1.29 is 23.5 Å². The zero-order valence-electron chi connectivity index (χ0n) is 30.5. The van der Waals surface area contributed by atoms with Gasteiger partial charge in [0.2, 0.25) is 17.7 Å². The number of nitrogens with two attached hydrogens (primary N) is 1. The summed E-state index contributed by atoms with van der Waals surface area (Å²) < 4.78 is 19.9. The van der Waals surface area contributed by atoms with Gasteiger partial charge in [-0.2, -0.15) is 0 Å². The summed E-state index contributed by atoms with van der Waals surface area (Å²) in [4.78, 5) is 51.8. The molecule has 3 heterocycles. The van der Waals surface area contributed by atoms with E-state index in [1.807, 2.05) is 4.90 Å². The van der Waals surface area contributed by atoms with Gasteiger partial charge in [0, 0.05) is 68.7 Å². The molecule has 2 saturated heterocycles. The molecule has 5 rings (SSSR count). The van der Waals surface area contributed by atoms with Crippen LogP contribution in [0.1, 0.15) is 70.6 Å². The summed E-state index contributed by atoms with van der Waals surface area (Å²) in [5.41, 5.74) is 6.81. The Morgan fingerprint density at radius 2 is 1.66 bits per heavy atom. The number of benzene rings is 2. The van der Waals surface area contributed by atoms with Crippen LogP contribution in [0, 0.1) is 5.82 Å². The van der Waals surface area contributed by atoms with Crippen molar-refractivity contribution in [3.8, 4) is 5.75 Å². The lowest BCUT2D eigenvalue weighted by molar-refractivity contribution is -0.133. The fraction of sp³-hybridized carbons (Fsp3) is 0.513. The van der Waals surface area contributed by atoms with Crippen molar-refractivity contribution >= 4 is 57.4 Å². The first kappa shape index (κ1) is 39.9. The van der Waals surface area contributed by atoms with E-state index in [9.17, 15) is 18.8 Å². The quantitative estimate of drug-likeness (QED) is 0.0953. The molecule has 0 aliphatic carbocycles. The molecule has 4 N–H and O–H groups in total. The smallest absolute Gasteiger partial charge is 0.247 e. The van der Waals surface area contributed by atoms with Gasteiger partial charge in [0.1, 0.15) is 23.7 Å². The number of rotatable bonds is 19. The lowest BCUT2D eigenvalue weighted by atomic mass is 10.0. The number of unbranched alkanes of at least 4 members (excludes halogenated alkanes) is 5. The van der Waals surface area contributed by atoms with Gasteiger partial charge < -0.3 is 30.9 Å². The van der Waals surface area contributed by atoms with Gasteiger partial charge >= 0.3 is 0 Å². The number of piperazine rings is 1. The van der Waals surface area contributed by atoms with Gasteiger partial charge in [0.15, 0.2) is 0 Å². The van der Waals surface area contributed by atoms with Gasteiger partial charge in [0.25, 0.3) is 0 Å². The van der Waals surface area contributed by atoms with Crippen molar-refractivity contribution in [2.45, 2.75) is 76.7 Å². The molecule has 1 aromatic heterocycles. The highest BCUT2D eigenvalue weighted by atomic mass is 35.5. The molecule has 3 aromatic rings. The number of carbonyl (C=O) groups is 3. The minimum atomic E-state index is -0.517. The van der Waals surface area contributed by atoms with Crippen LogP contribution < -0.4 is 21.1 Å². The van der Waals surface area contributed by atoms with E-state index < -0.39 is 5.82 Å². The van der Waals surface area contributed by atoms with Crippen molar-refractivity contribution in [3.63, 3.8) is 0 Å². The van der Waals surface area contributed by atoms with Crippen LogP contribution >= 0.6 is 11.6 Å². The molecule has 0 atom stereocenters. The average Bonchev–Trinajstić information content (AvgIpc) is 3.16. The molecule has 2 aliphatic rings. The molecule has 3 amide bonds. The zero-order valence-corrected chi connectivity index (χ0v) is 31.2. The standard InChI is InChI=1S/C39H52ClFN8O4/c1-2-37(51)46-34-25-30-33(43-27-44-39(30)45-28-12-13-32(41)31(40)24-28)26-35(34)53-23-9-16-47-17-14-29(15-18-47)48-19-21-49(22-20-48)38(52)11-8-6-4-3-5-7-10-36(42)50/h2,12-13,24-27,29H,1,3-11,14-23H2,(H2,42,50)(H,46,51)(H,43,44,45). The van der Waals surface area contributed by atoms with Gasteiger partial charge in [-0.05, 0) is 75.5 Å². The fourth-order valence-electron chi connectivity index (χ4n) is 7.05. The van der Waals surface area contributed by atoms with Crippen molar-refractivity contribution in [1.82, 2.24) is 24.7 Å².